The molecule has 0 aliphatic heterocycles. The van der Waals surface area contributed by atoms with Crippen LogP contribution < -0.4 is 10.7 Å². The third-order valence-corrected chi connectivity index (χ3v) is 3.63. The Hall–Kier alpha value is -2.24. The van der Waals surface area contributed by atoms with Crippen LogP contribution in [0.3, 0.4) is 0 Å². The highest BCUT2D eigenvalue weighted by atomic mass is 16.2. The molecule has 2 rings (SSSR count). The van der Waals surface area contributed by atoms with Gasteiger partial charge in [0.1, 0.15) is 5.69 Å². The van der Waals surface area contributed by atoms with E-state index in [0.29, 0.717) is 11.4 Å². The topological polar surface area (TPSA) is 83.5 Å². The van der Waals surface area contributed by atoms with Crippen LogP contribution in [0.5, 0.6) is 0 Å². The largest absolute Gasteiger partial charge is 0.353 e. The number of nitrogens with zero attached hydrogens (tertiary/aromatic N) is 2. The van der Waals surface area contributed by atoms with Gasteiger partial charge < -0.3 is 5.32 Å². The van der Waals surface area contributed by atoms with Crippen LogP contribution in [0.15, 0.2) is 29.5 Å². The maximum absolute atomic E-state index is 11.9. The zero-order valence-electron chi connectivity index (χ0n) is 12.8. The Bertz CT molecular complexity index is 536. The van der Waals surface area contributed by atoms with E-state index >= 15 is 0 Å². The second-order valence-corrected chi connectivity index (χ2v) is 5.58. The van der Waals surface area contributed by atoms with Crippen LogP contribution in [0.25, 0.3) is 0 Å². The van der Waals surface area contributed by atoms with E-state index in [1.807, 2.05) is 0 Å². The predicted molar refractivity (Wildman–Crippen MR) is 84.4 cm³/mol. The molecule has 1 heterocycles. The normalized spacial score (nSPS) is 16.1. The summed E-state index contributed by atoms with van der Waals surface area (Å²) in [6.45, 7) is 1.72. The molecule has 1 aliphatic carbocycles. The van der Waals surface area contributed by atoms with Crippen molar-refractivity contribution in [3.8, 4) is 0 Å². The Morgan fingerprint density at radius 3 is 2.73 bits per heavy atom. The molecule has 2 N–H and O–H groups in total. The maximum Gasteiger partial charge on any atom is 0.289 e. The van der Waals surface area contributed by atoms with Gasteiger partial charge in [0, 0.05) is 18.0 Å². The molecule has 1 aliphatic rings. The van der Waals surface area contributed by atoms with Gasteiger partial charge in [0.25, 0.3) is 5.91 Å². The van der Waals surface area contributed by atoms with E-state index in [0.717, 1.165) is 12.8 Å². The average Bonchev–Trinajstić information content (AvgIpc) is 2.54. The fraction of sp³-hybridized carbons (Fsp3) is 0.500. The number of rotatable bonds is 5. The molecule has 0 aromatic carbocycles. The third-order valence-electron chi connectivity index (χ3n) is 3.63. The van der Waals surface area contributed by atoms with Gasteiger partial charge in [0.05, 0.1) is 6.42 Å². The Kier molecular flexibility index (Phi) is 6.06. The van der Waals surface area contributed by atoms with Crippen molar-refractivity contribution in [2.45, 2.75) is 51.5 Å². The molecule has 118 valence electrons. The number of aromatic nitrogens is 1. The SMILES string of the molecule is C/C(CC(=O)NC1CCCCC1)=N/NC(=O)c1ccccn1. The molecular weight excluding hydrogens is 280 g/mol. The van der Waals surface area contributed by atoms with E-state index in [1.165, 1.54) is 19.3 Å². The lowest BCUT2D eigenvalue weighted by Gasteiger charge is -2.22. The van der Waals surface area contributed by atoms with Crippen LogP contribution in [-0.4, -0.2) is 28.6 Å². The fourth-order valence-corrected chi connectivity index (χ4v) is 2.50. The lowest BCUT2D eigenvalue weighted by Crippen LogP contribution is -2.37. The number of hydrogen-bond acceptors (Lipinski definition) is 4. The number of hydrazone groups is 1. The second kappa shape index (κ2) is 8.26. The molecule has 6 heteroatoms. The van der Waals surface area contributed by atoms with E-state index in [2.05, 4.69) is 20.8 Å². The summed E-state index contributed by atoms with van der Waals surface area (Å²) >= 11 is 0. The zero-order valence-corrected chi connectivity index (χ0v) is 12.8. The molecule has 0 unspecified atom stereocenters. The molecule has 0 radical (unpaired) electrons. The molecule has 0 atom stereocenters. The highest BCUT2D eigenvalue weighted by molar-refractivity contribution is 6.01. The zero-order chi connectivity index (χ0) is 15.8. The number of carbonyl (C=O) groups excluding carboxylic acids is 2. The Balaban J connectivity index is 1.77. The monoisotopic (exact) mass is 302 g/mol. The van der Waals surface area contributed by atoms with Crippen molar-refractivity contribution in [3.05, 3.63) is 30.1 Å². The van der Waals surface area contributed by atoms with Crippen LogP contribution in [0, 0.1) is 0 Å². The van der Waals surface area contributed by atoms with Crippen molar-refractivity contribution in [2.24, 2.45) is 5.10 Å². The minimum absolute atomic E-state index is 0.0414. The van der Waals surface area contributed by atoms with Crippen LogP contribution >= 0.6 is 0 Å². The summed E-state index contributed by atoms with van der Waals surface area (Å²) in [7, 11) is 0. The van der Waals surface area contributed by atoms with Gasteiger partial charge in [0.2, 0.25) is 5.91 Å². The first-order valence-corrected chi connectivity index (χ1v) is 7.69. The van der Waals surface area contributed by atoms with Gasteiger partial charge in [-0.25, -0.2) is 5.43 Å². The molecule has 1 fully saturated rings. The van der Waals surface area contributed by atoms with Crippen molar-refractivity contribution < 1.29 is 9.59 Å². The number of carbonyl (C=O) groups is 2. The van der Waals surface area contributed by atoms with Crippen LogP contribution in [0.4, 0.5) is 0 Å². The van der Waals surface area contributed by atoms with Gasteiger partial charge in [-0.15, -0.1) is 0 Å². The van der Waals surface area contributed by atoms with Gasteiger partial charge >= 0.3 is 0 Å². The van der Waals surface area contributed by atoms with Crippen molar-refractivity contribution in [1.82, 2.24) is 15.7 Å². The minimum Gasteiger partial charge on any atom is -0.353 e. The lowest BCUT2D eigenvalue weighted by atomic mass is 9.95. The van der Waals surface area contributed by atoms with E-state index < -0.39 is 0 Å². The van der Waals surface area contributed by atoms with Crippen molar-refractivity contribution in [3.63, 3.8) is 0 Å². The molecule has 1 saturated carbocycles. The summed E-state index contributed by atoms with van der Waals surface area (Å²) in [5, 5.41) is 6.97. The number of amides is 2. The maximum atomic E-state index is 11.9. The first kappa shape index (κ1) is 16.1. The Morgan fingerprint density at radius 2 is 2.05 bits per heavy atom. The second-order valence-electron chi connectivity index (χ2n) is 5.58. The van der Waals surface area contributed by atoms with Crippen molar-refractivity contribution in [2.75, 3.05) is 0 Å². The van der Waals surface area contributed by atoms with E-state index in [1.54, 1.807) is 31.3 Å². The first-order chi connectivity index (χ1) is 10.6. The standard InChI is InChI=1S/C16H22N4O2/c1-12(11-15(21)18-13-7-3-2-4-8-13)19-20-16(22)14-9-5-6-10-17-14/h5-6,9-10,13H,2-4,7-8,11H2,1H3,(H,18,21)(H,20,22)/b19-12-. The van der Waals surface area contributed by atoms with Gasteiger partial charge in [-0.05, 0) is 31.9 Å². The molecule has 1 aromatic heterocycles. The van der Waals surface area contributed by atoms with Gasteiger partial charge in [-0.2, -0.15) is 5.10 Å². The number of nitrogens with one attached hydrogen (secondary N) is 2. The third kappa shape index (κ3) is 5.27. The first-order valence-electron chi connectivity index (χ1n) is 7.69. The molecule has 6 nitrogen and oxygen atoms in total. The highest BCUT2D eigenvalue weighted by Crippen LogP contribution is 2.17. The number of pyridine rings is 1. The summed E-state index contributed by atoms with van der Waals surface area (Å²) in [5.41, 5.74) is 3.28. The van der Waals surface area contributed by atoms with Gasteiger partial charge in [-0.3, -0.25) is 14.6 Å². The average molecular weight is 302 g/mol. The predicted octanol–water partition coefficient (Wildman–Crippen LogP) is 2.03. The van der Waals surface area contributed by atoms with Crippen LogP contribution in [0.1, 0.15) is 55.9 Å². The molecule has 0 spiro atoms. The summed E-state index contributed by atoms with van der Waals surface area (Å²) in [6, 6.07) is 5.37. The van der Waals surface area contributed by atoms with Crippen LogP contribution in [0.2, 0.25) is 0 Å². The molecule has 1 aromatic rings. The Morgan fingerprint density at radius 1 is 1.27 bits per heavy atom. The van der Waals surface area contributed by atoms with Crippen molar-refractivity contribution in [1.29, 1.82) is 0 Å². The molecule has 22 heavy (non-hydrogen) atoms. The summed E-state index contributed by atoms with van der Waals surface area (Å²) in [4.78, 5) is 27.6. The van der Waals surface area contributed by atoms with Crippen molar-refractivity contribution >= 4 is 17.5 Å². The summed E-state index contributed by atoms with van der Waals surface area (Å²) in [6.07, 6.45) is 7.46. The van der Waals surface area contributed by atoms with E-state index in [-0.39, 0.29) is 24.3 Å². The summed E-state index contributed by atoms with van der Waals surface area (Å²) in [5.74, 6) is -0.423. The van der Waals surface area contributed by atoms with E-state index in [4.69, 9.17) is 0 Å². The molecule has 0 saturated heterocycles. The fourth-order valence-electron chi connectivity index (χ4n) is 2.50. The quantitative estimate of drug-likeness (QED) is 0.645. The molecule has 2 amide bonds. The van der Waals surface area contributed by atoms with Gasteiger partial charge in [-0.1, -0.05) is 25.3 Å². The van der Waals surface area contributed by atoms with E-state index in [9.17, 15) is 9.59 Å². The summed E-state index contributed by atoms with van der Waals surface area (Å²) < 4.78 is 0. The lowest BCUT2D eigenvalue weighted by molar-refractivity contribution is -0.120. The molecular formula is C16H22N4O2. The minimum atomic E-state index is -0.382. The highest BCUT2D eigenvalue weighted by Gasteiger charge is 2.16. The van der Waals surface area contributed by atoms with Crippen LogP contribution in [-0.2, 0) is 4.79 Å². The number of hydrogen-bond donors (Lipinski definition) is 2. The smallest absolute Gasteiger partial charge is 0.289 e. The Labute approximate surface area is 130 Å². The molecule has 0 bridgehead atoms. The van der Waals surface area contributed by atoms with Gasteiger partial charge in [0.15, 0.2) is 0 Å².